The maximum Gasteiger partial charge on any atom is 0.288 e. The molecule has 0 spiro atoms. The van der Waals surface area contributed by atoms with Crippen LogP contribution in [0.1, 0.15) is 63.9 Å². The Balaban J connectivity index is 2.63. The summed E-state index contributed by atoms with van der Waals surface area (Å²) in [5.41, 5.74) is 1.17. The van der Waals surface area contributed by atoms with Crippen molar-refractivity contribution in [2.45, 2.75) is 64.3 Å². The Morgan fingerprint density at radius 3 is 1.96 bits per heavy atom. The highest BCUT2D eigenvalue weighted by molar-refractivity contribution is 5.49. The second-order valence-corrected chi connectivity index (χ2v) is 6.50. The molecule has 0 bridgehead atoms. The summed E-state index contributed by atoms with van der Waals surface area (Å²) in [7, 11) is 4.92. The number of benzene rings is 1. The van der Waals surface area contributed by atoms with E-state index in [-0.39, 0.29) is 5.92 Å². The summed E-state index contributed by atoms with van der Waals surface area (Å²) in [5, 5.41) is 0. The third kappa shape index (κ3) is 7.72. The van der Waals surface area contributed by atoms with Gasteiger partial charge in [0.25, 0.3) is 5.97 Å². The van der Waals surface area contributed by atoms with Crippen molar-refractivity contribution in [3.63, 3.8) is 0 Å². The van der Waals surface area contributed by atoms with Gasteiger partial charge in [-0.15, -0.1) is 0 Å². The highest BCUT2D eigenvalue weighted by Crippen LogP contribution is 2.30. The molecule has 0 heterocycles. The molecule has 0 amide bonds. The topological polar surface area (TPSA) is 27.7 Å². The first-order chi connectivity index (χ1) is 12.2. The summed E-state index contributed by atoms with van der Waals surface area (Å²) in [4.78, 5) is 0. The Bertz CT molecular complexity index is 443. The number of hydrogen-bond acceptors (Lipinski definition) is 3. The Hall–Kier alpha value is -1.16. The van der Waals surface area contributed by atoms with Crippen LogP contribution in [0.25, 0.3) is 6.08 Å². The van der Waals surface area contributed by atoms with Crippen LogP contribution >= 0.6 is 0 Å². The van der Waals surface area contributed by atoms with Gasteiger partial charge in [-0.2, -0.15) is 0 Å². The van der Waals surface area contributed by atoms with Gasteiger partial charge in [-0.25, -0.2) is 0 Å². The molecule has 142 valence electrons. The van der Waals surface area contributed by atoms with Crippen LogP contribution in [0.5, 0.6) is 0 Å². The van der Waals surface area contributed by atoms with E-state index in [1.807, 2.05) is 18.2 Å². The van der Waals surface area contributed by atoms with Gasteiger partial charge in [0.1, 0.15) is 0 Å². The fraction of sp³-hybridized carbons (Fsp3) is 0.636. The Labute approximate surface area is 154 Å². The van der Waals surface area contributed by atoms with Gasteiger partial charge in [0.15, 0.2) is 0 Å². The van der Waals surface area contributed by atoms with Crippen LogP contribution in [0, 0.1) is 5.92 Å². The summed E-state index contributed by atoms with van der Waals surface area (Å²) in [6, 6.07) is 10.3. The molecule has 0 saturated heterocycles. The van der Waals surface area contributed by atoms with Gasteiger partial charge in [0.2, 0.25) is 0 Å². The highest BCUT2D eigenvalue weighted by atomic mass is 16.9. The maximum atomic E-state index is 5.60. The summed E-state index contributed by atoms with van der Waals surface area (Å²) in [5.74, 6) is -0.976. The van der Waals surface area contributed by atoms with E-state index in [1.165, 1.54) is 44.1 Å². The molecule has 0 fully saturated rings. The average Bonchev–Trinajstić information content (AvgIpc) is 2.67. The first-order valence-electron chi connectivity index (χ1n) is 9.61. The van der Waals surface area contributed by atoms with Crippen molar-refractivity contribution in [3.05, 3.63) is 42.0 Å². The molecule has 0 aliphatic heterocycles. The number of methoxy groups -OCH3 is 3. The maximum absolute atomic E-state index is 5.60. The van der Waals surface area contributed by atoms with Gasteiger partial charge < -0.3 is 14.2 Å². The standard InChI is InChI=1S/C22H36O3/c1-5-6-7-8-9-10-14-17-21(22(23-2,24-3)25-4)19-18-20-15-12-11-13-16-20/h11-13,15-16,18-19,21H,5-10,14,17H2,1-4H3. The molecule has 0 aliphatic rings. The minimum Gasteiger partial charge on any atom is -0.330 e. The van der Waals surface area contributed by atoms with Crippen molar-refractivity contribution in [1.82, 2.24) is 0 Å². The molecule has 1 rings (SSSR count). The minimum absolute atomic E-state index is 0.0448. The fourth-order valence-corrected chi connectivity index (χ4v) is 3.21. The normalized spacial score (nSPS) is 13.4. The summed E-state index contributed by atoms with van der Waals surface area (Å²) in [6.45, 7) is 2.25. The zero-order chi connectivity index (χ0) is 18.4. The predicted octanol–water partition coefficient (Wildman–Crippen LogP) is 6.05. The van der Waals surface area contributed by atoms with Crippen LogP contribution in [0.4, 0.5) is 0 Å². The van der Waals surface area contributed by atoms with E-state index in [1.54, 1.807) is 21.3 Å². The van der Waals surface area contributed by atoms with Crippen molar-refractivity contribution >= 4 is 6.08 Å². The van der Waals surface area contributed by atoms with E-state index in [0.29, 0.717) is 0 Å². The fourth-order valence-electron chi connectivity index (χ4n) is 3.21. The van der Waals surface area contributed by atoms with Crippen molar-refractivity contribution in [2.24, 2.45) is 5.92 Å². The van der Waals surface area contributed by atoms with E-state index in [2.05, 4.69) is 31.2 Å². The SMILES string of the molecule is CCCCCCCCCC(C=Cc1ccccc1)C(OC)(OC)OC. The van der Waals surface area contributed by atoms with E-state index in [9.17, 15) is 0 Å². The quantitative estimate of drug-likeness (QED) is 0.302. The van der Waals surface area contributed by atoms with Crippen molar-refractivity contribution in [3.8, 4) is 0 Å². The van der Waals surface area contributed by atoms with Gasteiger partial charge in [0, 0.05) is 21.3 Å². The molecule has 1 aromatic carbocycles. The number of hydrogen-bond donors (Lipinski definition) is 0. The Morgan fingerprint density at radius 2 is 1.40 bits per heavy atom. The smallest absolute Gasteiger partial charge is 0.288 e. The lowest BCUT2D eigenvalue weighted by Crippen LogP contribution is -2.43. The third-order valence-corrected chi connectivity index (χ3v) is 4.75. The molecule has 3 heteroatoms. The lowest BCUT2D eigenvalue weighted by molar-refractivity contribution is -0.372. The first kappa shape index (κ1) is 21.9. The largest absolute Gasteiger partial charge is 0.330 e. The van der Waals surface area contributed by atoms with Gasteiger partial charge in [-0.1, -0.05) is 94.4 Å². The number of unbranched alkanes of at least 4 members (excludes halogenated alkanes) is 6. The van der Waals surface area contributed by atoms with Crippen molar-refractivity contribution < 1.29 is 14.2 Å². The summed E-state index contributed by atoms with van der Waals surface area (Å²) in [6.07, 6.45) is 14.3. The molecular formula is C22H36O3. The molecule has 0 saturated carbocycles. The van der Waals surface area contributed by atoms with Crippen LogP contribution in [-0.4, -0.2) is 27.3 Å². The Kier molecular flexibility index (Phi) is 11.5. The molecule has 0 aliphatic carbocycles. The molecular weight excluding hydrogens is 312 g/mol. The van der Waals surface area contributed by atoms with E-state index in [4.69, 9.17) is 14.2 Å². The van der Waals surface area contributed by atoms with Gasteiger partial charge in [0.05, 0.1) is 5.92 Å². The second kappa shape index (κ2) is 13.1. The third-order valence-electron chi connectivity index (χ3n) is 4.75. The summed E-state index contributed by atoms with van der Waals surface area (Å²) < 4.78 is 16.8. The minimum atomic E-state index is -1.02. The molecule has 0 aromatic heterocycles. The van der Waals surface area contributed by atoms with Gasteiger partial charge in [-0.05, 0) is 12.0 Å². The zero-order valence-electron chi connectivity index (χ0n) is 16.5. The molecule has 0 N–H and O–H groups in total. The highest BCUT2D eigenvalue weighted by Gasteiger charge is 2.38. The van der Waals surface area contributed by atoms with Gasteiger partial charge >= 0.3 is 0 Å². The Morgan fingerprint density at radius 1 is 0.840 bits per heavy atom. The van der Waals surface area contributed by atoms with Gasteiger partial charge in [-0.3, -0.25) is 0 Å². The molecule has 25 heavy (non-hydrogen) atoms. The van der Waals surface area contributed by atoms with E-state index < -0.39 is 5.97 Å². The monoisotopic (exact) mass is 348 g/mol. The van der Waals surface area contributed by atoms with Crippen LogP contribution in [0.2, 0.25) is 0 Å². The van der Waals surface area contributed by atoms with E-state index >= 15 is 0 Å². The molecule has 3 nitrogen and oxygen atoms in total. The molecule has 1 aromatic rings. The van der Waals surface area contributed by atoms with E-state index in [0.717, 1.165) is 12.8 Å². The number of rotatable bonds is 14. The first-order valence-corrected chi connectivity index (χ1v) is 9.61. The van der Waals surface area contributed by atoms with Crippen LogP contribution < -0.4 is 0 Å². The molecule has 0 radical (unpaired) electrons. The van der Waals surface area contributed by atoms with Crippen molar-refractivity contribution in [2.75, 3.05) is 21.3 Å². The van der Waals surface area contributed by atoms with Crippen LogP contribution in [0.3, 0.4) is 0 Å². The second-order valence-electron chi connectivity index (χ2n) is 6.50. The van der Waals surface area contributed by atoms with Crippen LogP contribution in [-0.2, 0) is 14.2 Å². The number of ether oxygens (including phenoxy) is 3. The van der Waals surface area contributed by atoms with Crippen molar-refractivity contribution in [1.29, 1.82) is 0 Å². The zero-order valence-corrected chi connectivity index (χ0v) is 16.5. The molecule has 1 atom stereocenters. The van der Waals surface area contributed by atoms with Crippen LogP contribution in [0.15, 0.2) is 36.4 Å². The predicted molar refractivity (Wildman–Crippen MR) is 105 cm³/mol. The molecule has 1 unspecified atom stereocenters. The lowest BCUT2D eigenvalue weighted by atomic mass is 9.96. The average molecular weight is 349 g/mol. The lowest BCUT2D eigenvalue weighted by Gasteiger charge is -2.35. The summed E-state index contributed by atoms with van der Waals surface area (Å²) >= 11 is 0.